The van der Waals surface area contributed by atoms with Crippen molar-refractivity contribution in [1.29, 1.82) is 0 Å². The van der Waals surface area contributed by atoms with E-state index in [1.807, 2.05) is 6.08 Å². The van der Waals surface area contributed by atoms with Crippen LogP contribution in [0.2, 0.25) is 0 Å². The highest BCUT2D eigenvalue weighted by atomic mass is 16.8. The maximum absolute atomic E-state index is 13.4. The maximum atomic E-state index is 13.4. The van der Waals surface area contributed by atoms with E-state index in [2.05, 4.69) is 116 Å². The van der Waals surface area contributed by atoms with Gasteiger partial charge in [-0.05, 0) is 89.9 Å². The van der Waals surface area contributed by atoms with Crippen LogP contribution in [-0.2, 0) is 33.2 Å². The summed E-state index contributed by atoms with van der Waals surface area (Å²) in [6.07, 6.45) is 51.1. The van der Waals surface area contributed by atoms with Gasteiger partial charge in [-0.3, -0.25) is 4.79 Å². The number of rotatable bonds is 56. The molecule has 3 saturated heterocycles. The summed E-state index contributed by atoms with van der Waals surface area (Å²) in [5, 5.41) is 120. The molecule has 0 aromatic rings. The van der Waals surface area contributed by atoms with Gasteiger partial charge in [-0.2, -0.15) is 0 Å². The van der Waals surface area contributed by atoms with Gasteiger partial charge in [0, 0.05) is 6.42 Å². The molecule has 3 aliphatic heterocycles. The molecule has 12 N–H and O–H groups in total. The third-order valence-corrected chi connectivity index (χ3v) is 17.8. The van der Waals surface area contributed by atoms with Crippen molar-refractivity contribution in [2.75, 3.05) is 26.4 Å². The number of hydrogen-bond acceptors (Lipinski definition) is 18. The van der Waals surface area contributed by atoms with Crippen molar-refractivity contribution in [3.05, 3.63) is 109 Å². The zero-order valence-electron chi connectivity index (χ0n) is 58.6. The summed E-state index contributed by atoms with van der Waals surface area (Å²) in [5.41, 5.74) is 0. The summed E-state index contributed by atoms with van der Waals surface area (Å²) in [4.78, 5) is 13.4. The largest absolute Gasteiger partial charge is 0.394 e. The minimum Gasteiger partial charge on any atom is -0.394 e. The Hall–Kier alpha value is -3.55. The molecule has 0 aromatic heterocycles. The number of unbranched alkanes of at least 4 members (excludes halogenated alkanes) is 24. The first-order valence-electron chi connectivity index (χ1n) is 37.1. The average molecular weight is 1360 g/mol. The first kappa shape index (κ1) is 86.7. The summed E-state index contributed by atoms with van der Waals surface area (Å²) in [6, 6.07) is -0.999. The molecule has 3 heterocycles. The fourth-order valence-corrected chi connectivity index (χ4v) is 11.8. The van der Waals surface area contributed by atoms with E-state index >= 15 is 0 Å². The van der Waals surface area contributed by atoms with Gasteiger partial charge < -0.3 is 89.9 Å². The lowest BCUT2D eigenvalue weighted by Crippen LogP contribution is -2.66. The van der Waals surface area contributed by atoms with Crippen LogP contribution < -0.4 is 5.32 Å². The second-order valence-electron chi connectivity index (χ2n) is 26.0. The fraction of sp³-hybridized carbons (Fsp3) is 0.753. The van der Waals surface area contributed by atoms with Crippen LogP contribution in [0.4, 0.5) is 0 Å². The van der Waals surface area contributed by atoms with E-state index in [1.165, 1.54) is 122 Å². The molecule has 96 heavy (non-hydrogen) atoms. The highest BCUT2D eigenvalue weighted by Gasteiger charge is 2.53. The molecule has 0 aliphatic carbocycles. The molecule has 552 valence electrons. The zero-order chi connectivity index (χ0) is 69.6. The summed E-state index contributed by atoms with van der Waals surface area (Å²) in [7, 11) is 0. The van der Waals surface area contributed by atoms with Crippen molar-refractivity contribution in [2.24, 2.45) is 0 Å². The van der Waals surface area contributed by atoms with E-state index in [1.54, 1.807) is 6.08 Å². The average Bonchev–Trinajstić information content (AvgIpc) is 0.787. The Morgan fingerprint density at radius 3 is 1.17 bits per heavy atom. The van der Waals surface area contributed by atoms with Gasteiger partial charge in [-0.15, -0.1) is 0 Å². The number of hydrogen-bond donors (Lipinski definition) is 12. The molecule has 19 nitrogen and oxygen atoms in total. The Morgan fingerprint density at radius 1 is 0.385 bits per heavy atom. The van der Waals surface area contributed by atoms with E-state index in [9.17, 15) is 61.0 Å². The number of ether oxygens (including phenoxy) is 6. The molecule has 0 saturated carbocycles. The standard InChI is InChI=1S/C77H131NO18/c1-3-5-7-9-11-13-15-17-18-19-20-21-22-23-24-25-26-27-28-29-30-31-32-33-34-35-36-37-38-39-40-41-42-43-45-47-49-51-53-55-65(83)78-60(61(82)54-52-50-48-46-44-16-14-12-10-8-6-4-2)59-91-75-71(89)68(86)73(63(57-80)93-75)96-77-72(90)69(87)74(64(58-81)94-77)95-76-70(88)67(85)66(84)62(56-79)92-76/h5,7,10-13,17-18,20-21,23-24,26-27,44,46,52,54,60-64,66-77,79-82,84-90H,3-4,6,8-9,14-16,19,22,25,28-43,45,47-51,53,55-59H2,1-2H3,(H,78,83)/b7-5-,12-10+,13-11-,18-17-,21-20-,24-23-,27-26-,46-44+,54-52+. The predicted octanol–water partition coefficient (Wildman–Crippen LogP) is 11.0. The van der Waals surface area contributed by atoms with Gasteiger partial charge >= 0.3 is 0 Å². The van der Waals surface area contributed by atoms with Crippen LogP contribution in [0.25, 0.3) is 0 Å². The molecule has 3 aliphatic rings. The van der Waals surface area contributed by atoms with Gasteiger partial charge in [-0.1, -0.05) is 252 Å². The summed E-state index contributed by atoms with van der Waals surface area (Å²) in [5.74, 6) is -0.292. The van der Waals surface area contributed by atoms with Crippen molar-refractivity contribution in [3.63, 3.8) is 0 Å². The molecule has 17 unspecified atom stereocenters. The molecule has 0 spiro atoms. The second-order valence-corrected chi connectivity index (χ2v) is 26.0. The molecular weight excluding hydrogens is 1230 g/mol. The summed E-state index contributed by atoms with van der Waals surface area (Å²) in [6.45, 7) is 1.52. The minimum absolute atomic E-state index is 0.229. The summed E-state index contributed by atoms with van der Waals surface area (Å²) < 4.78 is 34.3. The van der Waals surface area contributed by atoms with Gasteiger partial charge in [0.15, 0.2) is 18.9 Å². The van der Waals surface area contributed by atoms with Crippen molar-refractivity contribution >= 4 is 5.91 Å². The van der Waals surface area contributed by atoms with Crippen LogP contribution in [0.1, 0.15) is 239 Å². The first-order valence-corrected chi connectivity index (χ1v) is 37.1. The summed E-state index contributed by atoms with van der Waals surface area (Å²) >= 11 is 0. The zero-order valence-corrected chi connectivity index (χ0v) is 58.6. The molecule has 3 rings (SSSR count). The molecule has 19 heteroatoms. The molecule has 0 bridgehead atoms. The SMILES string of the molecule is CC/C=C\C/C=C\C/C=C\C/C=C\C/C=C\C/C=C\CCCCCCCCCCCCCCCCCCCCCCC(=O)NC(COC1OC(CO)C(OC2OC(CO)C(OC3OC(CO)C(O)C(O)C3O)C(O)C2O)C(O)C1O)C(O)/C=C/CC/C=C/CC/C=C/CCCC. The Balaban J connectivity index is 1.30. The predicted molar refractivity (Wildman–Crippen MR) is 378 cm³/mol. The van der Waals surface area contributed by atoms with E-state index < -0.39 is 124 Å². The first-order chi connectivity index (χ1) is 46.8. The van der Waals surface area contributed by atoms with E-state index in [0.717, 1.165) is 83.5 Å². The molecule has 3 fully saturated rings. The Labute approximate surface area is 576 Å². The normalized spacial score (nSPS) is 27.7. The monoisotopic (exact) mass is 1360 g/mol. The second kappa shape index (κ2) is 57.1. The Kier molecular flexibility index (Phi) is 51.6. The Bertz CT molecular complexity index is 2160. The molecule has 1 amide bonds. The number of carbonyl (C=O) groups is 1. The van der Waals surface area contributed by atoms with Crippen molar-refractivity contribution in [2.45, 2.75) is 343 Å². The molecule has 17 atom stereocenters. The van der Waals surface area contributed by atoms with E-state index in [4.69, 9.17) is 28.4 Å². The highest BCUT2D eigenvalue weighted by Crippen LogP contribution is 2.33. The van der Waals surface area contributed by atoms with Gasteiger partial charge in [0.1, 0.15) is 73.2 Å². The van der Waals surface area contributed by atoms with Crippen molar-refractivity contribution in [1.82, 2.24) is 5.32 Å². The minimum atomic E-state index is -1.98. The number of amides is 1. The molecular formula is C77H131NO18. The maximum Gasteiger partial charge on any atom is 0.220 e. The van der Waals surface area contributed by atoms with Crippen LogP contribution in [-0.4, -0.2) is 193 Å². The number of carbonyl (C=O) groups excluding carboxylic acids is 1. The van der Waals surface area contributed by atoms with Crippen molar-refractivity contribution in [3.8, 4) is 0 Å². The number of nitrogens with one attached hydrogen (secondary N) is 1. The van der Waals surface area contributed by atoms with Gasteiger partial charge in [-0.25, -0.2) is 0 Å². The number of aliphatic hydroxyl groups excluding tert-OH is 11. The number of aliphatic hydroxyl groups is 11. The smallest absolute Gasteiger partial charge is 0.220 e. The van der Waals surface area contributed by atoms with Crippen molar-refractivity contribution < 1.29 is 89.4 Å². The quantitative estimate of drug-likeness (QED) is 0.0199. The van der Waals surface area contributed by atoms with Crippen LogP contribution in [0.15, 0.2) is 109 Å². The fourth-order valence-electron chi connectivity index (χ4n) is 11.8. The lowest BCUT2D eigenvalue weighted by Gasteiger charge is -2.48. The van der Waals surface area contributed by atoms with Crippen LogP contribution in [0.3, 0.4) is 0 Å². The van der Waals surface area contributed by atoms with Crippen LogP contribution in [0.5, 0.6) is 0 Å². The lowest BCUT2D eigenvalue weighted by atomic mass is 9.96. The lowest BCUT2D eigenvalue weighted by molar-refractivity contribution is -0.379. The topological polar surface area (TPSA) is 307 Å². The number of allylic oxidation sites excluding steroid dienone is 17. The Morgan fingerprint density at radius 2 is 0.729 bits per heavy atom. The highest BCUT2D eigenvalue weighted by molar-refractivity contribution is 5.76. The third kappa shape index (κ3) is 37.8. The van der Waals surface area contributed by atoms with Crippen LogP contribution >= 0.6 is 0 Å². The third-order valence-electron chi connectivity index (χ3n) is 17.8. The van der Waals surface area contributed by atoms with Crippen LogP contribution in [0, 0.1) is 0 Å². The van der Waals surface area contributed by atoms with Gasteiger partial charge in [0.2, 0.25) is 5.91 Å². The molecule has 0 aromatic carbocycles. The van der Waals surface area contributed by atoms with Gasteiger partial charge in [0.05, 0.1) is 38.6 Å². The van der Waals surface area contributed by atoms with E-state index in [-0.39, 0.29) is 18.9 Å². The van der Waals surface area contributed by atoms with Gasteiger partial charge in [0.25, 0.3) is 0 Å². The van der Waals surface area contributed by atoms with E-state index in [0.29, 0.717) is 12.8 Å². The molecule has 0 radical (unpaired) electrons.